The zero-order chi connectivity index (χ0) is 15.4. The van der Waals surface area contributed by atoms with Crippen LogP contribution in [0.3, 0.4) is 0 Å². The number of phosphoric acid groups is 1. The van der Waals surface area contributed by atoms with Crippen molar-refractivity contribution in [2.75, 3.05) is 6.61 Å². The first-order valence-electron chi connectivity index (χ1n) is 5.02. The summed E-state index contributed by atoms with van der Waals surface area (Å²) in [5, 5.41) is 28.1. The van der Waals surface area contributed by atoms with Gasteiger partial charge in [-0.15, -0.1) is 0 Å². The topological polar surface area (TPSA) is 188 Å². The minimum atomic E-state index is -4.85. The van der Waals surface area contributed by atoms with Gasteiger partial charge in [0, 0.05) is 6.92 Å². The molecule has 0 bridgehead atoms. The molecule has 0 heterocycles. The van der Waals surface area contributed by atoms with E-state index < -0.39 is 50.3 Å². The Kier molecular flexibility index (Phi) is 6.91. The summed E-state index contributed by atoms with van der Waals surface area (Å²) < 4.78 is 14.3. The van der Waals surface area contributed by atoms with Crippen molar-refractivity contribution in [3.63, 3.8) is 0 Å². The number of ketones is 2. The molecule has 0 aliphatic rings. The zero-order valence-corrected chi connectivity index (χ0v) is 10.8. The molecule has 112 valence electrons. The maximum atomic E-state index is 11.1. The smallest absolute Gasteiger partial charge is 0.388 e. The van der Waals surface area contributed by atoms with Crippen LogP contribution in [0.1, 0.15) is 6.92 Å². The standard InChI is InChI=1S/C8H16NO9P/c1-3(10)6(12)5(9)8(14)7(13)4(11)2-18-19(15,16)17/h4-5,7-8,11,13-14H,2,9H2,1H3,(H2,15,16,17)/t4-,5+,7+,8-/m1/s1. The lowest BCUT2D eigenvalue weighted by atomic mass is 9.97. The van der Waals surface area contributed by atoms with Crippen LogP contribution in [0.15, 0.2) is 0 Å². The van der Waals surface area contributed by atoms with Crippen LogP contribution >= 0.6 is 7.82 Å². The Balaban J connectivity index is 4.55. The predicted octanol–water partition coefficient (Wildman–Crippen LogP) is -3.34. The maximum Gasteiger partial charge on any atom is 0.469 e. The molecule has 0 spiro atoms. The van der Waals surface area contributed by atoms with Crippen molar-refractivity contribution in [1.82, 2.24) is 0 Å². The van der Waals surface area contributed by atoms with Gasteiger partial charge in [0.15, 0.2) is 5.78 Å². The molecule has 0 saturated carbocycles. The zero-order valence-electron chi connectivity index (χ0n) is 9.91. The third-order valence-corrected chi connectivity index (χ3v) is 2.66. The van der Waals surface area contributed by atoms with E-state index in [1.54, 1.807) is 0 Å². The van der Waals surface area contributed by atoms with E-state index in [0.29, 0.717) is 0 Å². The van der Waals surface area contributed by atoms with Crippen molar-refractivity contribution in [2.45, 2.75) is 31.3 Å². The van der Waals surface area contributed by atoms with E-state index in [4.69, 9.17) is 15.5 Å². The predicted molar refractivity (Wildman–Crippen MR) is 59.7 cm³/mol. The van der Waals surface area contributed by atoms with Crippen molar-refractivity contribution in [3.05, 3.63) is 0 Å². The Labute approximate surface area is 108 Å². The van der Waals surface area contributed by atoms with Gasteiger partial charge >= 0.3 is 7.82 Å². The van der Waals surface area contributed by atoms with Crippen molar-refractivity contribution in [1.29, 1.82) is 0 Å². The fourth-order valence-corrected chi connectivity index (χ4v) is 1.45. The first kappa shape index (κ1) is 18.3. The van der Waals surface area contributed by atoms with Crippen LogP contribution in [0.25, 0.3) is 0 Å². The minimum absolute atomic E-state index is 0.911. The number of hydrogen-bond acceptors (Lipinski definition) is 8. The lowest BCUT2D eigenvalue weighted by Gasteiger charge is -2.25. The lowest BCUT2D eigenvalue weighted by Crippen LogP contribution is -2.54. The summed E-state index contributed by atoms with van der Waals surface area (Å²) in [4.78, 5) is 38.6. The average molecular weight is 301 g/mol. The molecule has 11 heteroatoms. The highest BCUT2D eigenvalue weighted by atomic mass is 31.2. The van der Waals surface area contributed by atoms with E-state index in [-0.39, 0.29) is 0 Å². The van der Waals surface area contributed by atoms with E-state index in [0.717, 1.165) is 6.92 Å². The molecule has 0 unspecified atom stereocenters. The number of carbonyl (C=O) groups excluding carboxylic acids is 2. The molecule has 0 aliphatic carbocycles. The highest BCUT2D eigenvalue weighted by Crippen LogP contribution is 2.35. The second-order valence-electron chi connectivity index (χ2n) is 3.78. The molecule has 19 heavy (non-hydrogen) atoms. The SMILES string of the molecule is CC(=O)C(=O)[C@H](N)[C@@H](O)[C@@H](O)[C@H](O)COP(=O)(O)O. The van der Waals surface area contributed by atoms with E-state index in [9.17, 15) is 29.5 Å². The van der Waals surface area contributed by atoms with E-state index in [1.807, 2.05) is 0 Å². The van der Waals surface area contributed by atoms with Crippen LogP contribution in [0.4, 0.5) is 0 Å². The minimum Gasteiger partial charge on any atom is -0.388 e. The van der Waals surface area contributed by atoms with Gasteiger partial charge in [0.1, 0.15) is 24.4 Å². The van der Waals surface area contributed by atoms with Crippen LogP contribution in [0.5, 0.6) is 0 Å². The number of hydrogen-bond donors (Lipinski definition) is 6. The normalized spacial score (nSPS) is 18.5. The maximum absolute atomic E-state index is 11.1. The van der Waals surface area contributed by atoms with E-state index in [2.05, 4.69) is 4.52 Å². The average Bonchev–Trinajstić information content (AvgIpc) is 2.30. The molecule has 0 aromatic heterocycles. The second kappa shape index (κ2) is 7.17. The van der Waals surface area contributed by atoms with Gasteiger partial charge in [-0.1, -0.05) is 0 Å². The Hall–Kier alpha value is -0.710. The molecule has 0 aromatic rings. The number of carbonyl (C=O) groups is 2. The summed E-state index contributed by atoms with van der Waals surface area (Å²) in [7, 11) is -4.85. The summed E-state index contributed by atoms with van der Waals surface area (Å²) in [6.07, 6.45) is -5.93. The molecular formula is C8H16NO9P. The highest BCUT2D eigenvalue weighted by Gasteiger charge is 2.35. The van der Waals surface area contributed by atoms with Crippen molar-refractivity contribution in [2.24, 2.45) is 5.73 Å². The second-order valence-corrected chi connectivity index (χ2v) is 5.02. The van der Waals surface area contributed by atoms with Gasteiger partial charge in [-0.2, -0.15) is 0 Å². The largest absolute Gasteiger partial charge is 0.469 e. The van der Waals surface area contributed by atoms with Crippen molar-refractivity contribution >= 4 is 19.4 Å². The molecule has 0 aromatic carbocycles. The molecule has 7 N–H and O–H groups in total. The molecule has 4 atom stereocenters. The summed E-state index contributed by atoms with van der Waals surface area (Å²) in [5.74, 6) is -2.10. The van der Waals surface area contributed by atoms with Crippen molar-refractivity contribution < 1.29 is 43.8 Å². The van der Waals surface area contributed by atoms with Crippen LogP contribution in [0.2, 0.25) is 0 Å². The van der Waals surface area contributed by atoms with Crippen LogP contribution < -0.4 is 5.73 Å². The van der Waals surface area contributed by atoms with Crippen LogP contribution in [-0.4, -0.2) is 67.6 Å². The van der Waals surface area contributed by atoms with Gasteiger partial charge in [-0.25, -0.2) is 4.57 Å². The molecule has 0 saturated heterocycles. The molecular weight excluding hydrogens is 285 g/mol. The van der Waals surface area contributed by atoms with Gasteiger partial charge in [0.05, 0.1) is 6.61 Å². The fourth-order valence-electron chi connectivity index (χ4n) is 1.10. The molecule has 10 nitrogen and oxygen atoms in total. The van der Waals surface area contributed by atoms with E-state index in [1.165, 1.54) is 0 Å². The fraction of sp³-hybridized carbons (Fsp3) is 0.750. The Morgan fingerprint density at radius 1 is 1.21 bits per heavy atom. The van der Waals surface area contributed by atoms with Gasteiger partial charge in [0.2, 0.25) is 5.78 Å². The van der Waals surface area contributed by atoms with Crippen LogP contribution in [-0.2, 0) is 18.7 Å². The third kappa shape index (κ3) is 6.32. The summed E-state index contributed by atoms with van der Waals surface area (Å²) in [6, 6.07) is -1.77. The third-order valence-electron chi connectivity index (χ3n) is 2.18. The van der Waals surface area contributed by atoms with Gasteiger partial charge in [-0.3, -0.25) is 14.1 Å². The Bertz CT molecular complexity index is 380. The number of phosphoric ester groups is 1. The van der Waals surface area contributed by atoms with Crippen molar-refractivity contribution in [3.8, 4) is 0 Å². The molecule has 0 rings (SSSR count). The monoisotopic (exact) mass is 301 g/mol. The van der Waals surface area contributed by atoms with E-state index >= 15 is 0 Å². The summed E-state index contributed by atoms with van der Waals surface area (Å²) >= 11 is 0. The number of aliphatic hydroxyl groups excluding tert-OH is 3. The quantitative estimate of drug-likeness (QED) is 0.195. The number of Topliss-reactive ketones (excluding diaryl/α,β-unsaturated/α-hetero) is 2. The molecule has 0 radical (unpaired) electrons. The van der Waals surface area contributed by atoms with Gasteiger partial charge < -0.3 is 30.8 Å². The number of nitrogens with two attached hydrogens (primary N) is 1. The lowest BCUT2D eigenvalue weighted by molar-refractivity contribution is -0.141. The Morgan fingerprint density at radius 2 is 1.68 bits per heavy atom. The first-order chi connectivity index (χ1) is 8.47. The van der Waals surface area contributed by atoms with Gasteiger partial charge in [-0.05, 0) is 0 Å². The summed E-state index contributed by atoms with van der Waals surface area (Å²) in [5.41, 5.74) is 5.20. The number of aliphatic hydroxyl groups is 3. The molecule has 0 aliphatic heterocycles. The molecule has 0 fully saturated rings. The van der Waals surface area contributed by atoms with Crippen LogP contribution in [0, 0.1) is 0 Å². The number of rotatable bonds is 8. The highest BCUT2D eigenvalue weighted by molar-refractivity contribution is 7.46. The van der Waals surface area contributed by atoms with Gasteiger partial charge in [0.25, 0.3) is 0 Å². The Morgan fingerprint density at radius 3 is 2.05 bits per heavy atom. The summed E-state index contributed by atoms with van der Waals surface area (Å²) in [6.45, 7) is -0.0852. The first-order valence-corrected chi connectivity index (χ1v) is 6.55. The molecule has 0 amide bonds.